The third-order valence-electron chi connectivity index (χ3n) is 17.0. The molecule has 0 radical (unpaired) electrons. The van der Waals surface area contributed by atoms with Crippen molar-refractivity contribution in [2.75, 3.05) is 46.5 Å². The highest BCUT2D eigenvalue weighted by molar-refractivity contribution is 5.10. The molecule has 68 heavy (non-hydrogen) atoms. The molecular formula is C55H108N6O7. The quantitative estimate of drug-likeness (QED) is 0.147. The van der Waals surface area contributed by atoms with Crippen LogP contribution in [0, 0.1) is 0 Å². The number of hydrogen-bond acceptors (Lipinski definition) is 13. The van der Waals surface area contributed by atoms with Crippen LogP contribution in [0.3, 0.4) is 0 Å². The van der Waals surface area contributed by atoms with Gasteiger partial charge in [0.2, 0.25) is 0 Å². The molecule has 7 unspecified atom stereocenters. The Labute approximate surface area is 416 Å². The first-order valence-electron chi connectivity index (χ1n) is 27.0. The molecule has 5 N–H and O–H groups in total. The van der Waals surface area contributed by atoms with Crippen LogP contribution in [0.25, 0.3) is 0 Å². The van der Waals surface area contributed by atoms with Gasteiger partial charge in [-0.1, -0.05) is 0 Å². The summed E-state index contributed by atoms with van der Waals surface area (Å²) in [7, 11) is 2.23. The summed E-state index contributed by atoms with van der Waals surface area (Å²) in [6.45, 7) is 48.7. The number of aliphatic hydroxyl groups is 3. The predicted molar refractivity (Wildman–Crippen MR) is 277 cm³/mol. The molecule has 7 aliphatic rings. The molecule has 13 heteroatoms. The number of nitrogens with one attached hydrogen (secondary N) is 2. The highest BCUT2D eigenvalue weighted by Crippen LogP contribution is 2.50. The molecule has 0 aliphatic carbocycles. The lowest BCUT2D eigenvalue weighted by Gasteiger charge is -2.58. The van der Waals surface area contributed by atoms with Gasteiger partial charge in [-0.2, -0.15) is 0 Å². The van der Waals surface area contributed by atoms with Crippen LogP contribution in [0.5, 0.6) is 0 Å². The maximum atomic E-state index is 12.0. The SMILES string of the molecule is CC1(C)CC(O)CC(C)(C)N1.CC1CN2C(C)(C)CC(N(CC(O)COC3CC(C)(C)N(C)C(C)(C)C3)C3CC(C)(C)N4CC(COC5CC(C)(C)NC(C)(C)C5)OC4(C)C3)CC2(C)O1.CCO. The van der Waals surface area contributed by atoms with Gasteiger partial charge in [0.25, 0.3) is 0 Å². The fraction of sp³-hybridized carbons (Fsp3) is 1.00. The van der Waals surface area contributed by atoms with Crippen molar-refractivity contribution in [1.82, 2.24) is 30.2 Å². The van der Waals surface area contributed by atoms with Crippen LogP contribution in [0.4, 0.5) is 0 Å². The lowest BCUT2D eigenvalue weighted by atomic mass is 9.77. The van der Waals surface area contributed by atoms with Crippen LogP contribution in [0.2, 0.25) is 0 Å². The summed E-state index contributed by atoms with van der Waals surface area (Å²) in [5.41, 5.74) is -0.533. The minimum Gasteiger partial charge on any atom is -0.397 e. The molecule has 0 aromatic heterocycles. The summed E-state index contributed by atoms with van der Waals surface area (Å²) in [6, 6.07) is 0.489. The highest BCUT2D eigenvalue weighted by Gasteiger charge is 2.59. The van der Waals surface area contributed by atoms with E-state index in [1.54, 1.807) is 6.92 Å². The number of likely N-dealkylation sites (tertiary alicyclic amines) is 1. The number of nitrogens with zero attached hydrogens (tertiary/aromatic N) is 4. The maximum absolute atomic E-state index is 12.0. The fourth-order valence-corrected chi connectivity index (χ4v) is 15.3. The van der Waals surface area contributed by atoms with Crippen molar-refractivity contribution in [1.29, 1.82) is 0 Å². The second-order valence-electron chi connectivity index (χ2n) is 28.4. The molecule has 0 amide bonds. The molecule has 0 aromatic rings. The monoisotopic (exact) mass is 965 g/mol. The molecule has 7 fully saturated rings. The van der Waals surface area contributed by atoms with Crippen molar-refractivity contribution in [2.45, 2.75) is 307 Å². The minimum atomic E-state index is -0.591. The molecule has 0 spiro atoms. The first-order valence-corrected chi connectivity index (χ1v) is 27.0. The van der Waals surface area contributed by atoms with Crippen LogP contribution in [-0.4, -0.2) is 186 Å². The van der Waals surface area contributed by atoms with Crippen molar-refractivity contribution in [2.24, 2.45) is 0 Å². The molecule has 13 nitrogen and oxygen atoms in total. The van der Waals surface area contributed by atoms with Gasteiger partial charge < -0.3 is 44.9 Å². The van der Waals surface area contributed by atoms with Gasteiger partial charge in [-0.25, -0.2) is 0 Å². The second-order valence-corrected chi connectivity index (χ2v) is 28.4. The normalized spacial score (nSPS) is 37.0. The number of aliphatic hydroxyl groups excluding tert-OH is 3. The standard InChI is InChI=1S/C44H83N5O5.C9H19NO.C2H6O/c1-30-25-48-41(10,11)17-31(19-43(48,14)53-30)47(26-33(50)28-51-35-23-39(6,7)46(16)40(8,9)24-35)32-18-42(12,13)49-27-36(54-44(49,15)20-32)29-52-34-21-37(2,3)45-38(4,5)22-34;1-8(2)5-7(11)6-9(3,4)10-8;1-2-3/h30-36,45,50H,17-29H2,1-16H3;7,10-11H,5-6H2,1-4H3;3H,2H2,1H3. The van der Waals surface area contributed by atoms with E-state index >= 15 is 0 Å². The van der Waals surface area contributed by atoms with Crippen molar-refractivity contribution in [3.63, 3.8) is 0 Å². The van der Waals surface area contributed by atoms with Gasteiger partial charge >= 0.3 is 0 Å². The van der Waals surface area contributed by atoms with E-state index < -0.39 is 11.8 Å². The van der Waals surface area contributed by atoms with E-state index in [0.29, 0.717) is 19.8 Å². The highest BCUT2D eigenvalue weighted by atomic mass is 16.6. The third kappa shape index (κ3) is 14.4. The van der Waals surface area contributed by atoms with Crippen LogP contribution in [-0.2, 0) is 18.9 Å². The Kier molecular flexibility index (Phi) is 17.7. The van der Waals surface area contributed by atoms with E-state index in [9.17, 15) is 10.2 Å². The van der Waals surface area contributed by atoms with Gasteiger partial charge in [-0.15, -0.1) is 0 Å². The van der Waals surface area contributed by atoms with Crippen molar-refractivity contribution < 1.29 is 34.3 Å². The van der Waals surface area contributed by atoms with Gasteiger partial charge in [0.1, 0.15) is 11.4 Å². The Hall–Kier alpha value is -0.520. The van der Waals surface area contributed by atoms with Gasteiger partial charge in [-0.05, 0) is 197 Å². The number of ether oxygens (including phenoxy) is 4. The minimum absolute atomic E-state index is 0.0269. The fourth-order valence-electron chi connectivity index (χ4n) is 15.3. The Morgan fingerprint density at radius 3 is 1.46 bits per heavy atom. The second kappa shape index (κ2) is 20.7. The molecular weight excluding hydrogens is 857 g/mol. The first-order chi connectivity index (χ1) is 30.8. The summed E-state index contributed by atoms with van der Waals surface area (Å²) in [4.78, 5) is 10.4. The van der Waals surface area contributed by atoms with Crippen molar-refractivity contribution in [3.8, 4) is 0 Å². The van der Waals surface area contributed by atoms with E-state index in [1.165, 1.54) is 0 Å². The summed E-state index contributed by atoms with van der Waals surface area (Å²) >= 11 is 0. The zero-order valence-electron chi connectivity index (χ0n) is 47.7. The average Bonchev–Trinajstić information content (AvgIpc) is 3.64. The number of piperidine rings is 5. The van der Waals surface area contributed by atoms with E-state index in [2.05, 4.69) is 169 Å². The Bertz CT molecular complexity index is 1600. The summed E-state index contributed by atoms with van der Waals surface area (Å²) < 4.78 is 27.2. The molecule has 7 saturated heterocycles. The summed E-state index contributed by atoms with van der Waals surface area (Å²) in [5.74, 6) is 0. The Morgan fingerprint density at radius 2 is 1.00 bits per heavy atom. The average molecular weight is 966 g/mol. The van der Waals surface area contributed by atoms with Gasteiger partial charge in [-0.3, -0.25) is 19.6 Å². The van der Waals surface area contributed by atoms with Crippen molar-refractivity contribution in [3.05, 3.63) is 0 Å². The third-order valence-corrected chi connectivity index (χ3v) is 17.0. The van der Waals surface area contributed by atoms with Gasteiger partial charge in [0, 0.05) is 95.5 Å². The number of rotatable bonds is 10. The van der Waals surface area contributed by atoms with Crippen LogP contribution in [0.15, 0.2) is 0 Å². The first kappa shape index (κ1) is 58.4. The molecule has 400 valence electrons. The Balaban J connectivity index is 0.000000533. The van der Waals surface area contributed by atoms with Crippen molar-refractivity contribution >= 4 is 0 Å². The van der Waals surface area contributed by atoms with Gasteiger partial charge in [0.05, 0.1) is 49.8 Å². The molecule has 7 rings (SSSR count). The summed E-state index contributed by atoms with van der Waals surface area (Å²) in [6.07, 6.45) is 9.34. The zero-order valence-corrected chi connectivity index (χ0v) is 47.7. The van der Waals surface area contributed by atoms with E-state index in [0.717, 1.165) is 77.3 Å². The van der Waals surface area contributed by atoms with E-state index in [-0.39, 0.29) is 99.2 Å². The molecule has 7 atom stereocenters. The molecule has 7 aliphatic heterocycles. The molecule has 0 bridgehead atoms. The van der Waals surface area contributed by atoms with E-state index in [1.807, 2.05) is 0 Å². The summed E-state index contributed by atoms with van der Waals surface area (Å²) in [5, 5.41) is 36.4. The largest absolute Gasteiger partial charge is 0.397 e. The Morgan fingerprint density at radius 1 is 0.588 bits per heavy atom. The lowest BCUT2D eigenvalue weighted by molar-refractivity contribution is -0.195. The number of hydrogen-bond donors (Lipinski definition) is 5. The molecule has 0 aromatic carbocycles. The van der Waals surface area contributed by atoms with Crippen LogP contribution < -0.4 is 10.6 Å². The molecule has 0 saturated carbocycles. The topological polar surface area (TPSA) is 135 Å². The predicted octanol–water partition coefficient (Wildman–Crippen LogP) is 7.67. The maximum Gasteiger partial charge on any atom is 0.121 e. The lowest BCUT2D eigenvalue weighted by Crippen LogP contribution is -2.68. The van der Waals surface area contributed by atoms with Crippen LogP contribution in [0.1, 0.15) is 203 Å². The molecule has 7 heterocycles. The van der Waals surface area contributed by atoms with Crippen LogP contribution >= 0.6 is 0 Å². The van der Waals surface area contributed by atoms with Gasteiger partial charge in [0.15, 0.2) is 0 Å². The smallest absolute Gasteiger partial charge is 0.121 e. The zero-order chi connectivity index (χ0) is 51.5. The van der Waals surface area contributed by atoms with E-state index in [4.69, 9.17) is 24.1 Å². The number of fused-ring (bicyclic) bond motifs is 2.